The number of hydrogen-bond donors (Lipinski definition) is 0. The summed E-state index contributed by atoms with van der Waals surface area (Å²) in [5.74, 6) is 1.47. The van der Waals surface area contributed by atoms with E-state index >= 15 is 0 Å². The highest BCUT2D eigenvalue weighted by atomic mass is 16.6. The van der Waals surface area contributed by atoms with Crippen molar-refractivity contribution in [3.05, 3.63) is 64.3 Å². The highest BCUT2D eigenvalue weighted by Crippen LogP contribution is 2.32. The van der Waals surface area contributed by atoms with Crippen LogP contribution in [0.25, 0.3) is 10.9 Å². The normalized spacial score (nSPS) is 10.7. The monoisotopic (exact) mass is 312 g/mol. The Morgan fingerprint density at radius 2 is 1.83 bits per heavy atom. The molecule has 1 heterocycles. The summed E-state index contributed by atoms with van der Waals surface area (Å²) in [6.45, 7) is 0.609. The number of rotatable bonds is 5. The molecule has 0 amide bonds. The number of nitro benzene ring substituents is 1. The molecule has 0 N–H and O–H groups in total. The summed E-state index contributed by atoms with van der Waals surface area (Å²) in [5, 5.41) is 11.7. The van der Waals surface area contributed by atoms with Crippen molar-refractivity contribution in [3.8, 4) is 11.5 Å². The van der Waals surface area contributed by atoms with E-state index in [0.29, 0.717) is 6.54 Å². The van der Waals surface area contributed by atoms with Crippen molar-refractivity contribution < 1.29 is 14.4 Å². The van der Waals surface area contributed by atoms with Gasteiger partial charge in [-0.25, -0.2) is 0 Å². The summed E-state index contributed by atoms with van der Waals surface area (Å²) >= 11 is 0. The van der Waals surface area contributed by atoms with Crippen molar-refractivity contribution in [1.82, 2.24) is 4.57 Å². The van der Waals surface area contributed by atoms with Crippen LogP contribution >= 0.6 is 0 Å². The number of non-ortho nitro benzene ring substituents is 1. The maximum Gasteiger partial charge on any atom is 0.269 e. The lowest BCUT2D eigenvalue weighted by Gasteiger charge is -2.09. The molecule has 0 aliphatic heterocycles. The van der Waals surface area contributed by atoms with E-state index in [1.165, 1.54) is 12.1 Å². The second-order valence-corrected chi connectivity index (χ2v) is 5.13. The van der Waals surface area contributed by atoms with Crippen molar-refractivity contribution in [1.29, 1.82) is 0 Å². The van der Waals surface area contributed by atoms with Crippen molar-refractivity contribution in [2.75, 3.05) is 14.2 Å². The average Bonchev–Trinajstić information content (AvgIpc) is 2.97. The van der Waals surface area contributed by atoms with Gasteiger partial charge in [0.1, 0.15) is 11.5 Å². The molecule has 0 spiro atoms. The number of hydrogen-bond acceptors (Lipinski definition) is 4. The van der Waals surface area contributed by atoms with Gasteiger partial charge in [-0.3, -0.25) is 10.1 Å². The van der Waals surface area contributed by atoms with Gasteiger partial charge < -0.3 is 14.0 Å². The Labute approximate surface area is 133 Å². The second kappa shape index (κ2) is 6.00. The number of ether oxygens (including phenoxy) is 2. The molecule has 0 atom stereocenters. The summed E-state index contributed by atoms with van der Waals surface area (Å²) in [6.07, 6.45) is 1.97. The molecular formula is C17H16N2O4. The van der Waals surface area contributed by atoms with E-state index in [2.05, 4.69) is 4.57 Å². The van der Waals surface area contributed by atoms with E-state index in [-0.39, 0.29) is 5.69 Å². The maximum absolute atomic E-state index is 10.7. The summed E-state index contributed by atoms with van der Waals surface area (Å²) in [4.78, 5) is 10.3. The number of fused-ring (bicyclic) bond motifs is 1. The number of methoxy groups -OCH3 is 2. The third-order valence-corrected chi connectivity index (χ3v) is 3.78. The van der Waals surface area contributed by atoms with Crippen LogP contribution in [0.4, 0.5) is 5.69 Å². The molecule has 2 aromatic carbocycles. The van der Waals surface area contributed by atoms with Crippen LogP contribution in [-0.2, 0) is 6.54 Å². The highest BCUT2D eigenvalue weighted by molar-refractivity contribution is 5.88. The molecule has 0 saturated carbocycles. The van der Waals surface area contributed by atoms with Crippen molar-refractivity contribution in [2.45, 2.75) is 6.54 Å². The SMILES string of the molecule is COc1cc(OC)c2ccn(Cc3ccc([N+](=O)[O-])cc3)c2c1. The Bertz CT molecular complexity index is 853. The van der Waals surface area contributed by atoms with Gasteiger partial charge in [-0.05, 0) is 11.6 Å². The van der Waals surface area contributed by atoms with Crippen LogP contribution in [0.5, 0.6) is 11.5 Å². The zero-order valence-corrected chi connectivity index (χ0v) is 12.9. The lowest BCUT2D eigenvalue weighted by Crippen LogP contribution is -1.99. The first-order chi connectivity index (χ1) is 11.1. The summed E-state index contributed by atoms with van der Waals surface area (Å²) in [5.41, 5.74) is 2.06. The van der Waals surface area contributed by atoms with Crippen molar-refractivity contribution in [3.63, 3.8) is 0 Å². The Morgan fingerprint density at radius 1 is 1.09 bits per heavy atom. The fraction of sp³-hybridized carbons (Fsp3) is 0.176. The molecule has 6 heteroatoms. The smallest absolute Gasteiger partial charge is 0.269 e. The molecule has 0 unspecified atom stereocenters. The summed E-state index contributed by atoms with van der Waals surface area (Å²) in [7, 11) is 3.24. The largest absolute Gasteiger partial charge is 0.497 e. The van der Waals surface area contributed by atoms with E-state index in [0.717, 1.165) is 28.0 Å². The maximum atomic E-state index is 10.7. The Hall–Kier alpha value is -3.02. The van der Waals surface area contributed by atoms with Crippen LogP contribution in [0.2, 0.25) is 0 Å². The van der Waals surface area contributed by atoms with E-state index in [1.54, 1.807) is 26.4 Å². The molecule has 0 fully saturated rings. The quantitative estimate of drug-likeness (QED) is 0.533. The number of nitro groups is 1. The molecular weight excluding hydrogens is 296 g/mol. The molecule has 0 aliphatic rings. The summed E-state index contributed by atoms with van der Waals surface area (Å²) in [6, 6.07) is 12.3. The molecule has 3 rings (SSSR count). The van der Waals surface area contributed by atoms with Gasteiger partial charge in [0, 0.05) is 42.4 Å². The van der Waals surface area contributed by atoms with Crippen LogP contribution in [0.1, 0.15) is 5.56 Å². The molecule has 0 aliphatic carbocycles. The zero-order chi connectivity index (χ0) is 16.4. The number of nitrogens with zero attached hydrogens (tertiary/aromatic N) is 2. The molecule has 0 saturated heterocycles. The molecule has 118 valence electrons. The molecule has 1 aromatic heterocycles. The van der Waals surface area contributed by atoms with E-state index < -0.39 is 4.92 Å². The molecule has 6 nitrogen and oxygen atoms in total. The average molecular weight is 312 g/mol. The third kappa shape index (κ3) is 2.83. The molecule has 0 bridgehead atoms. The van der Waals surface area contributed by atoms with Crippen LogP contribution < -0.4 is 9.47 Å². The lowest BCUT2D eigenvalue weighted by molar-refractivity contribution is -0.384. The molecule has 3 aromatic rings. The standard InChI is InChI=1S/C17H16N2O4/c1-22-14-9-16-15(17(10-14)23-2)7-8-18(16)11-12-3-5-13(6-4-12)19(20)21/h3-10H,11H2,1-2H3. The van der Waals surface area contributed by atoms with Crippen LogP contribution in [0.15, 0.2) is 48.7 Å². The second-order valence-electron chi connectivity index (χ2n) is 5.13. The first-order valence-electron chi connectivity index (χ1n) is 7.06. The predicted molar refractivity (Wildman–Crippen MR) is 87.2 cm³/mol. The third-order valence-electron chi connectivity index (χ3n) is 3.78. The fourth-order valence-electron chi connectivity index (χ4n) is 2.58. The van der Waals surface area contributed by atoms with Crippen LogP contribution in [-0.4, -0.2) is 23.7 Å². The van der Waals surface area contributed by atoms with Crippen LogP contribution in [0, 0.1) is 10.1 Å². The molecule has 23 heavy (non-hydrogen) atoms. The van der Waals surface area contributed by atoms with E-state index in [1.807, 2.05) is 24.4 Å². The van der Waals surface area contributed by atoms with Gasteiger partial charge in [-0.2, -0.15) is 0 Å². The van der Waals surface area contributed by atoms with E-state index in [4.69, 9.17) is 9.47 Å². The van der Waals surface area contributed by atoms with Gasteiger partial charge in [0.05, 0.1) is 24.7 Å². The van der Waals surface area contributed by atoms with Gasteiger partial charge in [-0.1, -0.05) is 12.1 Å². The van der Waals surface area contributed by atoms with Gasteiger partial charge >= 0.3 is 0 Å². The fourth-order valence-corrected chi connectivity index (χ4v) is 2.58. The van der Waals surface area contributed by atoms with Crippen LogP contribution in [0.3, 0.4) is 0 Å². The minimum absolute atomic E-state index is 0.0921. The number of aromatic nitrogens is 1. The molecule has 0 radical (unpaired) electrons. The minimum Gasteiger partial charge on any atom is -0.497 e. The van der Waals surface area contributed by atoms with Crippen molar-refractivity contribution >= 4 is 16.6 Å². The zero-order valence-electron chi connectivity index (χ0n) is 12.9. The highest BCUT2D eigenvalue weighted by Gasteiger charge is 2.10. The van der Waals surface area contributed by atoms with Crippen molar-refractivity contribution in [2.24, 2.45) is 0 Å². The lowest BCUT2D eigenvalue weighted by atomic mass is 10.2. The predicted octanol–water partition coefficient (Wildman–Crippen LogP) is 3.62. The Kier molecular flexibility index (Phi) is 3.89. The van der Waals surface area contributed by atoms with Gasteiger partial charge in [-0.15, -0.1) is 0 Å². The van der Waals surface area contributed by atoms with Gasteiger partial charge in [0.15, 0.2) is 0 Å². The Balaban J connectivity index is 1.98. The first-order valence-corrected chi connectivity index (χ1v) is 7.06. The van der Waals surface area contributed by atoms with Gasteiger partial charge in [0.25, 0.3) is 5.69 Å². The topological polar surface area (TPSA) is 66.5 Å². The summed E-state index contributed by atoms with van der Waals surface area (Å²) < 4.78 is 12.8. The number of benzene rings is 2. The van der Waals surface area contributed by atoms with E-state index in [9.17, 15) is 10.1 Å². The van der Waals surface area contributed by atoms with Gasteiger partial charge in [0.2, 0.25) is 0 Å². The Morgan fingerprint density at radius 3 is 2.43 bits per heavy atom. The first kappa shape index (κ1) is 14.9. The minimum atomic E-state index is -0.398.